The number of hydrogen-bond acceptors (Lipinski definition) is 3. The molecule has 1 amide bonds. The largest absolute Gasteiger partial charge is 0.389 e. The Balaban J connectivity index is 2.10. The number of nitrogens with one attached hydrogen (secondary N) is 2. The standard InChI is InChI=1S/C15H30N2O2/c1-13(2)11-17-14(18)7-10-16-12-15(19)8-5-3-4-6-9-15/h13,16,19H,3-12H2,1-2H3,(H,17,18). The van der Waals surface area contributed by atoms with E-state index in [0.717, 1.165) is 32.2 Å². The molecule has 0 spiro atoms. The van der Waals surface area contributed by atoms with Crippen molar-refractivity contribution in [1.29, 1.82) is 0 Å². The predicted molar refractivity (Wildman–Crippen MR) is 78.0 cm³/mol. The molecule has 0 saturated heterocycles. The van der Waals surface area contributed by atoms with Crippen molar-refractivity contribution < 1.29 is 9.90 Å². The highest BCUT2D eigenvalue weighted by Crippen LogP contribution is 2.26. The van der Waals surface area contributed by atoms with Crippen LogP contribution in [-0.4, -0.2) is 36.2 Å². The van der Waals surface area contributed by atoms with Crippen LogP contribution in [0.4, 0.5) is 0 Å². The molecule has 3 N–H and O–H groups in total. The molecule has 1 aliphatic rings. The average molecular weight is 270 g/mol. The number of rotatable bonds is 7. The van der Waals surface area contributed by atoms with Crippen molar-refractivity contribution in [3.63, 3.8) is 0 Å². The van der Waals surface area contributed by atoms with Crippen molar-refractivity contribution in [3.05, 3.63) is 0 Å². The zero-order valence-electron chi connectivity index (χ0n) is 12.5. The molecule has 0 atom stereocenters. The van der Waals surface area contributed by atoms with Gasteiger partial charge in [-0.05, 0) is 18.8 Å². The Morgan fingerprint density at radius 1 is 1.21 bits per heavy atom. The van der Waals surface area contributed by atoms with E-state index >= 15 is 0 Å². The van der Waals surface area contributed by atoms with Gasteiger partial charge in [0.2, 0.25) is 5.91 Å². The van der Waals surface area contributed by atoms with Gasteiger partial charge >= 0.3 is 0 Å². The Morgan fingerprint density at radius 2 is 1.84 bits per heavy atom. The first kappa shape index (κ1) is 16.4. The van der Waals surface area contributed by atoms with Crippen LogP contribution in [0, 0.1) is 5.92 Å². The second kappa shape index (κ2) is 8.54. The molecule has 1 rings (SSSR count). The lowest BCUT2D eigenvalue weighted by Gasteiger charge is -2.26. The van der Waals surface area contributed by atoms with Crippen molar-refractivity contribution in [3.8, 4) is 0 Å². The Labute approximate surface area is 117 Å². The van der Waals surface area contributed by atoms with Crippen molar-refractivity contribution in [2.24, 2.45) is 5.92 Å². The molecule has 1 fully saturated rings. The van der Waals surface area contributed by atoms with Gasteiger partial charge in [-0.25, -0.2) is 0 Å². The number of hydrogen-bond donors (Lipinski definition) is 3. The van der Waals surface area contributed by atoms with Gasteiger partial charge in [0.15, 0.2) is 0 Å². The maximum atomic E-state index is 11.5. The van der Waals surface area contributed by atoms with Gasteiger partial charge in [0.1, 0.15) is 0 Å². The van der Waals surface area contributed by atoms with Gasteiger partial charge in [-0.3, -0.25) is 4.79 Å². The van der Waals surface area contributed by atoms with E-state index in [-0.39, 0.29) is 5.91 Å². The molecule has 1 aliphatic carbocycles. The first-order chi connectivity index (χ1) is 9.02. The molecule has 19 heavy (non-hydrogen) atoms. The maximum Gasteiger partial charge on any atom is 0.221 e. The summed E-state index contributed by atoms with van der Waals surface area (Å²) >= 11 is 0. The molecule has 0 aromatic carbocycles. The summed E-state index contributed by atoms with van der Waals surface area (Å²) in [6.45, 7) is 6.17. The van der Waals surface area contributed by atoms with E-state index in [1.54, 1.807) is 0 Å². The number of amides is 1. The molecule has 0 radical (unpaired) electrons. The minimum atomic E-state index is -0.551. The van der Waals surface area contributed by atoms with Gasteiger partial charge < -0.3 is 15.7 Å². The first-order valence-corrected chi connectivity index (χ1v) is 7.72. The summed E-state index contributed by atoms with van der Waals surface area (Å²) in [4.78, 5) is 11.5. The Morgan fingerprint density at radius 3 is 2.42 bits per heavy atom. The number of carbonyl (C=O) groups is 1. The van der Waals surface area contributed by atoms with E-state index in [0.29, 0.717) is 25.4 Å². The monoisotopic (exact) mass is 270 g/mol. The van der Waals surface area contributed by atoms with Crippen molar-refractivity contribution >= 4 is 5.91 Å². The Bertz CT molecular complexity index is 259. The third kappa shape index (κ3) is 7.53. The van der Waals surface area contributed by atoms with Crippen LogP contribution in [0.25, 0.3) is 0 Å². The molecule has 4 nitrogen and oxygen atoms in total. The first-order valence-electron chi connectivity index (χ1n) is 7.72. The fourth-order valence-electron chi connectivity index (χ4n) is 2.49. The lowest BCUT2D eigenvalue weighted by atomic mass is 9.94. The fraction of sp³-hybridized carbons (Fsp3) is 0.933. The number of aliphatic hydroxyl groups is 1. The van der Waals surface area contributed by atoms with Crippen molar-refractivity contribution in [2.45, 2.75) is 64.4 Å². The predicted octanol–water partition coefficient (Wildman–Crippen LogP) is 1.82. The summed E-state index contributed by atoms with van der Waals surface area (Å²) in [6.07, 6.45) is 6.97. The Kier molecular flexibility index (Phi) is 7.39. The van der Waals surface area contributed by atoms with Gasteiger partial charge in [0, 0.05) is 26.1 Å². The normalized spacial score (nSPS) is 19.2. The highest BCUT2D eigenvalue weighted by molar-refractivity contribution is 5.76. The number of carbonyl (C=O) groups excluding carboxylic acids is 1. The molecule has 4 heteroatoms. The van der Waals surface area contributed by atoms with Crippen LogP contribution in [0.3, 0.4) is 0 Å². The molecule has 0 aromatic rings. The smallest absolute Gasteiger partial charge is 0.221 e. The second-order valence-electron chi connectivity index (χ2n) is 6.26. The maximum absolute atomic E-state index is 11.5. The summed E-state index contributed by atoms with van der Waals surface area (Å²) in [5.74, 6) is 0.581. The highest BCUT2D eigenvalue weighted by atomic mass is 16.3. The molecule has 0 bridgehead atoms. The molecule has 1 saturated carbocycles. The molecule has 0 heterocycles. The minimum Gasteiger partial charge on any atom is -0.389 e. The summed E-state index contributed by atoms with van der Waals surface area (Å²) in [7, 11) is 0. The van der Waals surface area contributed by atoms with Crippen LogP contribution in [0.2, 0.25) is 0 Å². The lowest BCUT2D eigenvalue weighted by Crippen LogP contribution is -2.41. The van der Waals surface area contributed by atoms with Crippen LogP contribution < -0.4 is 10.6 Å². The third-order valence-electron chi connectivity index (χ3n) is 3.72. The molecule has 0 aliphatic heterocycles. The van der Waals surface area contributed by atoms with Gasteiger partial charge in [-0.1, -0.05) is 39.5 Å². The van der Waals surface area contributed by atoms with Crippen LogP contribution in [0.1, 0.15) is 58.8 Å². The van der Waals surface area contributed by atoms with E-state index < -0.39 is 5.60 Å². The van der Waals surface area contributed by atoms with Crippen LogP contribution in [0.15, 0.2) is 0 Å². The minimum absolute atomic E-state index is 0.0917. The zero-order chi connectivity index (χ0) is 14.1. The van der Waals surface area contributed by atoms with Gasteiger partial charge in [0.05, 0.1) is 5.60 Å². The zero-order valence-corrected chi connectivity index (χ0v) is 12.5. The highest BCUT2D eigenvalue weighted by Gasteiger charge is 2.27. The third-order valence-corrected chi connectivity index (χ3v) is 3.72. The SMILES string of the molecule is CC(C)CNC(=O)CCNCC1(O)CCCCCC1. The lowest BCUT2D eigenvalue weighted by molar-refractivity contribution is -0.121. The molecule has 0 unspecified atom stereocenters. The van der Waals surface area contributed by atoms with E-state index in [2.05, 4.69) is 24.5 Å². The molecular weight excluding hydrogens is 240 g/mol. The van der Waals surface area contributed by atoms with Crippen LogP contribution >= 0.6 is 0 Å². The van der Waals surface area contributed by atoms with E-state index in [4.69, 9.17) is 0 Å². The summed E-state index contributed by atoms with van der Waals surface area (Å²) in [5.41, 5.74) is -0.551. The van der Waals surface area contributed by atoms with E-state index in [9.17, 15) is 9.90 Å². The van der Waals surface area contributed by atoms with Gasteiger partial charge in [-0.15, -0.1) is 0 Å². The summed E-state index contributed by atoms with van der Waals surface area (Å²) in [5, 5.41) is 16.6. The summed E-state index contributed by atoms with van der Waals surface area (Å²) < 4.78 is 0. The van der Waals surface area contributed by atoms with E-state index in [1.165, 1.54) is 12.8 Å². The second-order valence-corrected chi connectivity index (χ2v) is 6.26. The quantitative estimate of drug-likeness (QED) is 0.488. The molecular formula is C15H30N2O2. The van der Waals surface area contributed by atoms with Crippen molar-refractivity contribution in [1.82, 2.24) is 10.6 Å². The topological polar surface area (TPSA) is 61.4 Å². The van der Waals surface area contributed by atoms with Crippen LogP contribution in [-0.2, 0) is 4.79 Å². The molecule has 0 aromatic heterocycles. The van der Waals surface area contributed by atoms with E-state index in [1.807, 2.05) is 0 Å². The average Bonchev–Trinajstić information content (AvgIpc) is 2.57. The molecule has 112 valence electrons. The van der Waals surface area contributed by atoms with Crippen molar-refractivity contribution in [2.75, 3.05) is 19.6 Å². The Hall–Kier alpha value is -0.610. The van der Waals surface area contributed by atoms with Crippen LogP contribution in [0.5, 0.6) is 0 Å². The van der Waals surface area contributed by atoms with Gasteiger partial charge in [0.25, 0.3) is 0 Å². The van der Waals surface area contributed by atoms with Gasteiger partial charge in [-0.2, -0.15) is 0 Å². The summed E-state index contributed by atoms with van der Waals surface area (Å²) in [6, 6.07) is 0. The fourth-order valence-corrected chi connectivity index (χ4v) is 2.49.